The molecule has 9 heteroatoms. The predicted molar refractivity (Wildman–Crippen MR) is 99.2 cm³/mol. The molecule has 0 saturated carbocycles. The summed E-state index contributed by atoms with van der Waals surface area (Å²) in [5.74, 6) is -0.877. The largest absolute Gasteiger partial charge is 0.493 e. The van der Waals surface area contributed by atoms with Crippen LogP contribution >= 0.6 is 11.6 Å². The molecule has 0 radical (unpaired) electrons. The zero-order valence-electron chi connectivity index (χ0n) is 14.4. The van der Waals surface area contributed by atoms with Crippen molar-refractivity contribution < 1.29 is 9.90 Å². The molecule has 2 aromatic rings. The first-order chi connectivity index (χ1) is 12.3. The summed E-state index contributed by atoms with van der Waals surface area (Å²) < 4.78 is 0.922. The fourth-order valence-corrected chi connectivity index (χ4v) is 2.40. The summed E-state index contributed by atoms with van der Waals surface area (Å²) >= 11 is 5.83. The van der Waals surface area contributed by atoms with Crippen molar-refractivity contribution >= 4 is 23.2 Å². The minimum Gasteiger partial charge on any atom is -0.493 e. The average Bonchev–Trinajstić information content (AvgIpc) is 2.59. The van der Waals surface area contributed by atoms with Gasteiger partial charge in [-0.1, -0.05) is 24.9 Å². The van der Waals surface area contributed by atoms with Gasteiger partial charge >= 0.3 is 5.69 Å². The monoisotopic (exact) mass is 378 g/mol. The van der Waals surface area contributed by atoms with Crippen LogP contribution in [0.3, 0.4) is 0 Å². The maximum Gasteiger partial charge on any atom is 0.335 e. The van der Waals surface area contributed by atoms with Gasteiger partial charge in [-0.05, 0) is 37.6 Å². The van der Waals surface area contributed by atoms with Crippen LogP contribution in [-0.4, -0.2) is 26.3 Å². The number of aromatic amines is 1. The van der Waals surface area contributed by atoms with E-state index in [0.717, 1.165) is 11.0 Å². The number of nitrogens with one attached hydrogen (secondary N) is 2. The second-order valence-electron chi connectivity index (χ2n) is 5.61. The fourth-order valence-electron chi connectivity index (χ4n) is 2.28. The van der Waals surface area contributed by atoms with E-state index in [1.807, 2.05) is 6.92 Å². The molecule has 1 heterocycles. The Morgan fingerprint density at radius 2 is 1.96 bits per heavy atom. The Morgan fingerprint density at radius 1 is 1.31 bits per heavy atom. The van der Waals surface area contributed by atoms with Gasteiger partial charge < -0.3 is 5.11 Å². The zero-order chi connectivity index (χ0) is 19.3. The molecule has 8 nitrogen and oxygen atoms in total. The fraction of sp³-hybridized carbons (Fsp3) is 0.294. The Morgan fingerprint density at radius 3 is 2.58 bits per heavy atom. The molecule has 1 aromatic carbocycles. The molecule has 0 aliphatic heterocycles. The zero-order valence-corrected chi connectivity index (χ0v) is 15.1. The highest BCUT2D eigenvalue weighted by Gasteiger charge is 2.18. The smallest absolute Gasteiger partial charge is 0.335 e. The van der Waals surface area contributed by atoms with Gasteiger partial charge in [-0.15, -0.1) is 0 Å². The lowest BCUT2D eigenvalue weighted by Crippen LogP contribution is -2.33. The number of rotatable bonds is 6. The molecule has 0 unspecified atom stereocenters. The average molecular weight is 379 g/mol. The Balaban J connectivity index is 2.45. The summed E-state index contributed by atoms with van der Waals surface area (Å²) in [5.41, 5.74) is 0.888. The lowest BCUT2D eigenvalue weighted by atomic mass is 10.2. The highest BCUT2D eigenvalue weighted by atomic mass is 35.5. The predicted octanol–water partition coefficient (Wildman–Crippen LogP) is 1.92. The maximum absolute atomic E-state index is 12.1. The van der Waals surface area contributed by atoms with Crippen molar-refractivity contribution in [3.8, 4) is 11.6 Å². The first-order valence-corrected chi connectivity index (χ1v) is 8.40. The molecule has 0 bridgehead atoms. The maximum atomic E-state index is 12.1. The van der Waals surface area contributed by atoms with E-state index in [2.05, 4.69) is 15.5 Å². The van der Waals surface area contributed by atoms with E-state index in [1.54, 1.807) is 12.1 Å². The third-order valence-corrected chi connectivity index (χ3v) is 3.89. The summed E-state index contributed by atoms with van der Waals surface area (Å²) in [6.07, 6.45) is 1.89. The van der Waals surface area contributed by atoms with Gasteiger partial charge in [-0.2, -0.15) is 5.10 Å². The van der Waals surface area contributed by atoms with Crippen LogP contribution in [0.5, 0.6) is 5.88 Å². The Kier molecular flexibility index (Phi) is 6.35. The quantitative estimate of drug-likeness (QED) is 0.525. The van der Waals surface area contributed by atoms with Crippen LogP contribution in [0, 0.1) is 0 Å². The third kappa shape index (κ3) is 4.40. The highest BCUT2D eigenvalue weighted by molar-refractivity contribution is 6.30. The van der Waals surface area contributed by atoms with Gasteiger partial charge in [0.1, 0.15) is 5.56 Å². The van der Waals surface area contributed by atoms with Crippen molar-refractivity contribution in [3.63, 3.8) is 0 Å². The van der Waals surface area contributed by atoms with Crippen molar-refractivity contribution in [2.24, 2.45) is 5.10 Å². The number of H-pyrrole nitrogens is 1. The lowest BCUT2D eigenvalue weighted by Gasteiger charge is -2.11. The van der Waals surface area contributed by atoms with Crippen LogP contribution in [0.1, 0.15) is 38.7 Å². The number of carbonyl (C=O) groups excluding carboxylic acids is 1. The van der Waals surface area contributed by atoms with E-state index in [-0.39, 0.29) is 17.2 Å². The molecular formula is C17H19ClN4O4. The van der Waals surface area contributed by atoms with E-state index in [9.17, 15) is 19.5 Å². The van der Waals surface area contributed by atoms with Gasteiger partial charge in [0.15, 0.2) is 0 Å². The number of unbranched alkanes of at least 4 members (excludes halogenated alkanes) is 1. The molecule has 2 rings (SSSR count). The Hall–Kier alpha value is -2.87. The van der Waals surface area contributed by atoms with Crippen LogP contribution in [0.15, 0.2) is 39.0 Å². The topological polar surface area (TPSA) is 117 Å². The number of amides is 1. The molecule has 3 N–H and O–H groups in total. The number of hydrazone groups is 1. The summed E-state index contributed by atoms with van der Waals surface area (Å²) in [5, 5.41) is 14.8. The molecule has 0 aliphatic carbocycles. The standard InChI is InChI=1S/C17H19ClN4O4/c1-3-4-5-13(23)21-20-10(2)14-15(24)19-17(26)22(16(14)25)12-8-6-11(18)7-9-12/h6-9,25H,3-5H2,1-2H3,(H,21,23)(H,19,24,26). The number of aromatic nitrogens is 2. The van der Waals surface area contributed by atoms with Gasteiger partial charge in [0.2, 0.25) is 11.8 Å². The molecule has 1 aromatic heterocycles. The minimum atomic E-state index is -0.807. The summed E-state index contributed by atoms with van der Waals surface area (Å²) in [6, 6.07) is 6.12. The van der Waals surface area contributed by atoms with Crippen LogP contribution in [0.4, 0.5) is 0 Å². The summed E-state index contributed by atoms with van der Waals surface area (Å²) in [4.78, 5) is 38.0. The summed E-state index contributed by atoms with van der Waals surface area (Å²) in [6.45, 7) is 3.40. The highest BCUT2D eigenvalue weighted by Crippen LogP contribution is 2.18. The van der Waals surface area contributed by atoms with Gasteiger partial charge in [-0.3, -0.25) is 14.6 Å². The van der Waals surface area contributed by atoms with E-state index in [1.165, 1.54) is 19.1 Å². The van der Waals surface area contributed by atoms with Crippen molar-refractivity contribution in [3.05, 3.63) is 55.7 Å². The van der Waals surface area contributed by atoms with Crippen LogP contribution in [0.2, 0.25) is 5.02 Å². The summed E-state index contributed by atoms with van der Waals surface area (Å²) in [7, 11) is 0. The number of hydrogen-bond acceptors (Lipinski definition) is 5. The number of benzene rings is 1. The molecule has 0 saturated heterocycles. The van der Waals surface area contributed by atoms with Crippen molar-refractivity contribution in [2.45, 2.75) is 33.1 Å². The molecular weight excluding hydrogens is 360 g/mol. The first kappa shape index (κ1) is 19.5. The molecule has 1 amide bonds. The van der Waals surface area contributed by atoms with Crippen molar-refractivity contribution in [1.29, 1.82) is 0 Å². The van der Waals surface area contributed by atoms with Gasteiger partial charge in [0.05, 0.1) is 11.4 Å². The first-order valence-electron chi connectivity index (χ1n) is 8.03. The number of aromatic hydroxyl groups is 1. The van der Waals surface area contributed by atoms with Gasteiger partial charge in [-0.25, -0.2) is 14.8 Å². The van der Waals surface area contributed by atoms with E-state index in [0.29, 0.717) is 23.6 Å². The Bertz CT molecular complexity index is 945. The normalized spacial score (nSPS) is 11.4. The Labute approximate surface area is 154 Å². The molecule has 0 spiro atoms. The van der Waals surface area contributed by atoms with Crippen molar-refractivity contribution in [2.75, 3.05) is 0 Å². The third-order valence-electron chi connectivity index (χ3n) is 3.64. The van der Waals surface area contributed by atoms with E-state index < -0.39 is 17.1 Å². The number of hydrogen-bond donors (Lipinski definition) is 3. The van der Waals surface area contributed by atoms with E-state index in [4.69, 9.17) is 11.6 Å². The van der Waals surface area contributed by atoms with Crippen LogP contribution < -0.4 is 16.7 Å². The lowest BCUT2D eigenvalue weighted by molar-refractivity contribution is -0.121. The molecule has 0 fully saturated rings. The number of nitrogens with zero attached hydrogens (tertiary/aromatic N) is 2. The second kappa shape index (κ2) is 8.48. The van der Waals surface area contributed by atoms with Crippen LogP contribution in [0.25, 0.3) is 5.69 Å². The van der Waals surface area contributed by atoms with E-state index >= 15 is 0 Å². The SMILES string of the molecule is CCCCC(=O)NN=C(C)c1c(O)n(-c2ccc(Cl)cc2)c(=O)[nH]c1=O. The molecule has 0 atom stereocenters. The number of carbonyl (C=O) groups is 1. The van der Waals surface area contributed by atoms with Crippen LogP contribution in [-0.2, 0) is 4.79 Å². The molecule has 138 valence electrons. The van der Waals surface area contributed by atoms with Gasteiger partial charge in [0, 0.05) is 11.4 Å². The molecule has 0 aliphatic rings. The number of halogens is 1. The van der Waals surface area contributed by atoms with Crippen molar-refractivity contribution in [1.82, 2.24) is 15.0 Å². The minimum absolute atomic E-state index is 0.0660. The molecule has 26 heavy (non-hydrogen) atoms. The second-order valence-corrected chi connectivity index (χ2v) is 6.04. The van der Waals surface area contributed by atoms with Gasteiger partial charge in [0.25, 0.3) is 5.56 Å².